The van der Waals surface area contributed by atoms with Crippen molar-refractivity contribution in [1.82, 2.24) is 15.2 Å². The fourth-order valence-corrected chi connectivity index (χ4v) is 4.44. The molecule has 1 fully saturated rings. The molecule has 0 saturated carbocycles. The predicted octanol–water partition coefficient (Wildman–Crippen LogP) is 3.60. The van der Waals surface area contributed by atoms with Crippen molar-refractivity contribution in [2.45, 2.75) is 33.2 Å². The molecule has 1 aromatic carbocycles. The summed E-state index contributed by atoms with van der Waals surface area (Å²) in [6, 6.07) is 10.4. The molecule has 0 unspecified atom stereocenters. The molecule has 0 aliphatic carbocycles. The molecule has 1 aromatic heterocycles. The molecule has 0 spiro atoms. The fourth-order valence-electron chi connectivity index (χ4n) is 3.45. The smallest absolute Gasteiger partial charge is 0.263 e. The standard InChI is InChI=1S/C21H29N3O2S/c1-15(2)13-18(24-9-11-26-12-10-24)14-22-20(25)19-16(3)23-21(27-19)17-7-5-4-6-8-17/h4-8,15,18H,9-14H2,1-3H3,(H,22,25)/t18-/m0/s1. The highest BCUT2D eigenvalue weighted by Crippen LogP contribution is 2.27. The van der Waals surface area contributed by atoms with Gasteiger partial charge in [0.15, 0.2) is 0 Å². The van der Waals surface area contributed by atoms with E-state index < -0.39 is 0 Å². The summed E-state index contributed by atoms with van der Waals surface area (Å²) in [5.41, 5.74) is 1.85. The van der Waals surface area contributed by atoms with E-state index in [4.69, 9.17) is 4.74 Å². The van der Waals surface area contributed by atoms with Crippen molar-refractivity contribution in [2.75, 3.05) is 32.8 Å². The van der Waals surface area contributed by atoms with Gasteiger partial charge in [-0.05, 0) is 19.3 Å². The molecule has 6 heteroatoms. The van der Waals surface area contributed by atoms with Gasteiger partial charge in [0.05, 0.1) is 18.9 Å². The van der Waals surface area contributed by atoms with Gasteiger partial charge < -0.3 is 10.1 Å². The van der Waals surface area contributed by atoms with Crippen molar-refractivity contribution in [1.29, 1.82) is 0 Å². The molecule has 146 valence electrons. The fraction of sp³-hybridized carbons (Fsp3) is 0.524. The lowest BCUT2D eigenvalue weighted by Crippen LogP contribution is -2.49. The van der Waals surface area contributed by atoms with Crippen LogP contribution in [0.2, 0.25) is 0 Å². The molecule has 1 aliphatic rings. The van der Waals surface area contributed by atoms with Crippen molar-refractivity contribution >= 4 is 17.2 Å². The number of hydrogen-bond acceptors (Lipinski definition) is 5. The number of morpholine rings is 1. The van der Waals surface area contributed by atoms with Gasteiger partial charge in [-0.2, -0.15) is 0 Å². The minimum absolute atomic E-state index is 0.0193. The molecule has 2 aromatic rings. The van der Waals surface area contributed by atoms with Gasteiger partial charge in [0.25, 0.3) is 5.91 Å². The van der Waals surface area contributed by atoms with Crippen LogP contribution in [0.1, 0.15) is 35.6 Å². The maximum atomic E-state index is 12.8. The Labute approximate surface area is 165 Å². The van der Waals surface area contributed by atoms with Gasteiger partial charge >= 0.3 is 0 Å². The molecule has 3 rings (SSSR count). The Morgan fingerprint density at radius 3 is 2.63 bits per heavy atom. The number of aromatic nitrogens is 1. The SMILES string of the molecule is Cc1nc(-c2ccccc2)sc1C(=O)NC[C@H](CC(C)C)N1CCOCC1. The van der Waals surface area contributed by atoms with Gasteiger partial charge in [-0.3, -0.25) is 9.69 Å². The molecule has 0 bridgehead atoms. The Hall–Kier alpha value is -1.76. The molecule has 0 radical (unpaired) electrons. The zero-order valence-corrected chi connectivity index (χ0v) is 17.2. The van der Waals surface area contributed by atoms with Crippen LogP contribution in [0.25, 0.3) is 10.6 Å². The van der Waals surface area contributed by atoms with Crippen molar-refractivity contribution < 1.29 is 9.53 Å². The molecule has 1 amide bonds. The minimum atomic E-state index is -0.0193. The molecule has 5 nitrogen and oxygen atoms in total. The number of hydrogen-bond donors (Lipinski definition) is 1. The van der Waals surface area contributed by atoms with Crippen molar-refractivity contribution in [3.05, 3.63) is 40.9 Å². The number of carbonyl (C=O) groups excluding carboxylic acids is 1. The van der Waals surface area contributed by atoms with Gasteiger partial charge in [0.1, 0.15) is 9.88 Å². The van der Waals surface area contributed by atoms with Crippen molar-refractivity contribution in [3.8, 4) is 10.6 Å². The normalized spacial score (nSPS) is 16.4. The predicted molar refractivity (Wildman–Crippen MR) is 110 cm³/mol. The lowest BCUT2D eigenvalue weighted by atomic mass is 10.0. The summed E-state index contributed by atoms with van der Waals surface area (Å²) in [6.07, 6.45) is 1.07. The summed E-state index contributed by atoms with van der Waals surface area (Å²) in [7, 11) is 0. The Balaban J connectivity index is 1.66. The van der Waals surface area contributed by atoms with Crippen LogP contribution in [0.3, 0.4) is 0 Å². The third-order valence-corrected chi connectivity index (χ3v) is 6.03. The lowest BCUT2D eigenvalue weighted by molar-refractivity contribution is 0.0125. The summed E-state index contributed by atoms with van der Waals surface area (Å²) in [5, 5.41) is 4.05. The highest BCUT2D eigenvalue weighted by Gasteiger charge is 2.23. The maximum Gasteiger partial charge on any atom is 0.263 e. The average molecular weight is 388 g/mol. The van der Waals surface area contributed by atoms with E-state index >= 15 is 0 Å². The van der Waals surface area contributed by atoms with Gasteiger partial charge in [-0.25, -0.2) is 4.98 Å². The second-order valence-electron chi connectivity index (χ2n) is 7.44. The van der Waals surface area contributed by atoms with Gasteiger partial charge in [-0.15, -0.1) is 11.3 Å². The highest BCUT2D eigenvalue weighted by atomic mass is 32.1. The van der Waals surface area contributed by atoms with E-state index in [-0.39, 0.29) is 5.91 Å². The zero-order valence-electron chi connectivity index (χ0n) is 16.4. The first-order valence-corrected chi connectivity index (χ1v) is 10.5. The summed E-state index contributed by atoms with van der Waals surface area (Å²) >= 11 is 1.47. The van der Waals surface area contributed by atoms with Gasteiger partial charge in [0, 0.05) is 31.2 Å². The minimum Gasteiger partial charge on any atom is -0.379 e. The van der Waals surface area contributed by atoms with Crippen LogP contribution < -0.4 is 5.32 Å². The Kier molecular flexibility index (Phi) is 6.99. The molecule has 27 heavy (non-hydrogen) atoms. The average Bonchev–Trinajstić information content (AvgIpc) is 3.08. The first kappa shape index (κ1) is 20.0. The van der Waals surface area contributed by atoms with Gasteiger partial charge in [-0.1, -0.05) is 44.2 Å². The molecular formula is C21H29N3O2S. The van der Waals surface area contributed by atoms with E-state index in [1.807, 2.05) is 37.3 Å². The number of aryl methyl sites for hydroxylation is 1. The number of amides is 1. The first-order chi connectivity index (χ1) is 13.0. The monoisotopic (exact) mass is 387 g/mol. The Morgan fingerprint density at radius 1 is 1.26 bits per heavy atom. The highest BCUT2D eigenvalue weighted by molar-refractivity contribution is 7.17. The van der Waals surface area contributed by atoms with E-state index in [1.165, 1.54) is 11.3 Å². The van der Waals surface area contributed by atoms with Crippen LogP contribution in [0.15, 0.2) is 30.3 Å². The van der Waals surface area contributed by atoms with E-state index in [2.05, 4.69) is 29.0 Å². The van der Waals surface area contributed by atoms with E-state index in [0.29, 0.717) is 23.4 Å². The van der Waals surface area contributed by atoms with Crippen LogP contribution in [0.4, 0.5) is 0 Å². The third-order valence-electron chi connectivity index (χ3n) is 4.83. The number of nitrogens with one attached hydrogen (secondary N) is 1. The van der Waals surface area contributed by atoms with E-state index in [0.717, 1.165) is 49.0 Å². The number of nitrogens with zero attached hydrogens (tertiary/aromatic N) is 2. The molecule has 1 aliphatic heterocycles. The van der Waals surface area contributed by atoms with Gasteiger partial charge in [0.2, 0.25) is 0 Å². The summed E-state index contributed by atoms with van der Waals surface area (Å²) < 4.78 is 5.47. The van der Waals surface area contributed by atoms with Crippen molar-refractivity contribution in [3.63, 3.8) is 0 Å². The number of thiazole rings is 1. The van der Waals surface area contributed by atoms with Crippen LogP contribution in [-0.2, 0) is 4.74 Å². The number of rotatable bonds is 7. The number of carbonyl (C=O) groups is 1. The second-order valence-corrected chi connectivity index (χ2v) is 8.44. The maximum absolute atomic E-state index is 12.8. The number of ether oxygens (including phenoxy) is 1. The molecule has 1 N–H and O–H groups in total. The summed E-state index contributed by atoms with van der Waals surface area (Å²) in [6.45, 7) is 10.5. The summed E-state index contributed by atoms with van der Waals surface area (Å²) in [5.74, 6) is 0.568. The Bertz CT molecular complexity index is 739. The number of benzene rings is 1. The van der Waals surface area contributed by atoms with E-state index in [1.54, 1.807) is 0 Å². The topological polar surface area (TPSA) is 54.5 Å². The molecular weight excluding hydrogens is 358 g/mol. The van der Waals surface area contributed by atoms with Crippen LogP contribution in [0, 0.1) is 12.8 Å². The zero-order chi connectivity index (χ0) is 19.2. The second kappa shape index (κ2) is 9.44. The summed E-state index contributed by atoms with van der Waals surface area (Å²) in [4.78, 5) is 20.5. The third kappa shape index (κ3) is 5.37. The quantitative estimate of drug-likeness (QED) is 0.789. The molecule has 2 heterocycles. The van der Waals surface area contributed by atoms with Crippen LogP contribution >= 0.6 is 11.3 Å². The van der Waals surface area contributed by atoms with Crippen LogP contribution in [-0.4, -0.2) is 54.7 Å². The largest absolute Gasteiger partial charge is 0.379 e. The van der Waals surface area contributed by atoms with E-state index in [9.17, 15) is 4.79 Å². The Morgan fingerprint density at radius 2 is 1.96 bits per heavy atom. The molecule has 1 atom stereocenters. The first-order valence-electron chi connectivity index (χ1n) is 9.67. The van der Waals surface area contributed by atoms with Crippen LogP contribution in [0.5, 0.6) is 0 Å². The van der Waals surface area contributed by atoms with Crippen molar-refractivity contribution in [2.24, 2.45) is 5.92 Å². The molecule has 1 saturated heterocycles. The lowest BCUT2D eigenvalue weighted by Gasteiger charge is -2.35.